The van der Waals surface area contributed by atoms with Crippen molar-refractivity contribution in [1.82, 2.24) is 5.32 Å². The summed E-state index contributed by atoms with van der Waals surface area (Å²) in [6.07, 6.45) is 1.99. The largest absolute Gasteiger partial charge is 0.481 e. The van der Waals surface area contributed by atoms with Crippen molar-refractivity contribution in [2.75, 3.05) is 0 Å². The Hall–Kier alpha value is -2.29. The molecule has 0 aliphatic rings. The van der Waals surface area contributed by atoms with E-state index in [2.05, 4.69) is 19.2 Å². The van der Waals surface area contributed by atoms with Crippen molar-refractivity contribution in [2.45, 2.75) is 52.2 Å². The van der Waals surface area contributed by atoms with Crippen LogP contribution < -0.4 is 10.1 Å². The van der Waals surface area contributed by atoms with Gasteiger partial charge in [-0.2, -0.15) is 0 Å². The predicted octanol–water partition coefficient (Wildman–Crippen LogP) is 4.67. The minimum Gasteiger partial charge on any atom is -0.481 e. The number of ether oxygens (including phenoxy) is 1. The normalized spacial score (nSPS) is 13.1. The lowest BCUT2D eigenvalue weighted by Gasteiger charge is -2.22. The number of carbonyl (C=O) groups excluding carboxylic acids is 1. The summed E-state index contributed by atoms with van der Waals surface area (Å²) < 4.78 is 5.89. The van der Waals surface area contributed by atoms with Gasteiger partial charge in [-0.05, 0) is 42.5 Å². The molecule has 0 fully saturated rings. The molecule has 0 heterocycles. The number of benzene rings is 2. The molecule has 0 radical (unpaired) electrons. The second-order valence-corrected chi connectivity index (χ2v) is 5.89. The Morgan fingerprint density at radius 2 is 1.62 bits per heavy atom. The summed E-state index contributed by atoms with van der Waals surface area (Å²) in [7, 11) is 0. The number of hydrogen-bond donors (Lipinski definition) is 1. The number of hydrogen-bond acceptors (Lipinski definition) is 2. The summed E-state index contributed by atoms with van der Waals surface area (Å²) in [6.45, 7) is 6.16. The van der Waals surface area contributed by atoms with Gasteiger partial charge in [0.25, 0.3) is 5.91 Å². The minimum atomic E-state index is -0.477. The number of nitrogens with one attached hydrogen (secondary N) is 1. The molecule has 1 amide bonds. The average Bonchev–Trinajstić information content (AvgIpc) is 2.65. The zero-order valence-electron chi connectivity index (χ0n) is 14.8. The molecule has 3 heteroatoms. The van der Waals surface area contributed by atoms with Crippen LogP contribution in [0.15, 0.2) is 54.6 Å². The minimum absolute atomic E-state index is 0.0128. The van der Waals surface area contributed by atoms with Gasteiger partial charge in [-0.3, -0.25) is 4.79 Å². The van der Waals surface area contributed by atoms with Gasteiger partial charge in [0.1, 0.15) is 5.75 Å². The van der Waals surface area contributed by atoms with E-state index in [4.69, 9.17) is 4.74 Å². The predicted molar refractivity (Wildman–Crippen MR) is 98.1 cm³/mol. The molecule has 0 aliphatic heterocycles. The van der Waals surface area contributed by atoms with E-state index in [9.17, 15) is 4.79 Å². The van der Waals surface area contributed by atoms with Crippen molar-refractivity contribution >= 4 is 5.91 Å². The quantitative estimate of drug-likeness (QED) is 0.765. The Morgan fingerprint density at radius 1 is 0.958 bits per heavy atom. The van der Waals surface area contributed by atoms with Crippen molar-refractivity contribution < 1.29 is 9.53 Å². The van der Waals surface area contributed by atoms with Gasteiger partial charge in [-0.15, -0.1) is 0 Å². The van der Waals surface area contributed by atoms with Gasteiger partial charge in [0, 0.05) is 0 Å². The highest BCUT2D eigenvalue weighted by molar-refractivity contribution is 5.81. The van der Waals surface area contributed by atoms with Crippen molar-refractivity contribution in [3.05, 3.63) is 65.7 Å². The van der Waals surface area contributed by atoms with Crippen LogP contribution in [0.1, 0.15) is 50.8 Å². The fourth-order valence-electron chi connectivity index (χ4n) is 2.66. The number of carbonyl (C=O) groups is 1. The third-order valence-electron chi connectivity index (χ3n) is 4.20. The van der Waals surface area contributed by atoms with Crippen LogP contribution in [0.25, 0.3) is 0 Å². The van der Waals surface area contributed by atoms with Gasteiger partial charge >= 0.3 is 0 Å². The molecule has 0 saturated heterocycles. The summed E-state index contributed by atoms with van der Waals surface area (Å²) in [4.78, 5) is 12.6. The highest BCUT2D eigenvalue weighted by atomic mass is 16.5. The molecule has 2 aromatic carbocycles. The Kier molecular flexibility index (Phi) is 6.86. The van der Waals surface area contributed by atoms with Crippen LogP contribution in [0, 0.1) is 0 Å². The van der Waals surface area contributed by atoms with E-state index in [1.165, 1.54) is 5.56 Å². The number of amides is 1. The fourth-order valence-corrected chi connectivity index (χ4v) is 2.66. The molecule has 2 unspecified atom stereocenters. The van der Waals surface area contributed by atoms with E-state index in [1.54, 1.807) is 0 Å². The summed E-state index contributed by atoms with van der Waals surface area (Å²) in [5.74, 6) is 0.676. The molecule has 1 N–H and O–H groups in total. The van der Waals surface area contributed by atoms with Crippen LogP contribution in [0.3, 0.4) is 0 Å². The summed E-state index contributed by atoms with van der Waals surface area (Å²) >= 11 is 0. The van der Waals surface area contributed by atoms with Gasteiger partial charge in [0.2, 0.25) is 0 Å². The molecule has 24 heavy (non-hydrogen) atoms. The van der Waals surface area contributed by atoms with Crippen LogP contribution in [0.4, 0.5) is 0 Å². The third-order valence-corrected chi connectivity index (χ3v) is 4.20. The maximum atomic E-state index is 12.6. The van der Waals surface area contributed by atoms with Gasteiger partial charge in [-0.25, -0.2) is 0 Å². The number of rotatable bonds is 8. The molecule has 0 saturated carbocycles. The summed E-state index contributed by atoms with van der Waals surface area (Å²) in [5, 5.41) is 3.11. The SMILES string of the molecule is CCc1ccc(OC(CC)C(=O)NC(CC)c2ccccc2)cc1. The van der Waals surface area contributed by atoms with E-state index >= 15 is 0 Å². The topological polar surface area (TPSA) is 38.3 Å². The zero-order valence-corrected chi connectivity index (χ0v) is 14.8. The molecule has 0 bridgehead atoms. The summed E-state index contributed by atoms with van der Waals surface area (Å²) in [6, 6.07) is 18.0. The first-order valence-corrected chi connectivity index (χ1v) is 8.78. The van der Waals surface area contributed by atoms with E-state index in [-0.39, 0.29) is 11.9 Å². The van der Waals surface area contributed by atoms with Crippen molar-refractivity contribution in [2.24, 2.45) is 0 Å². The Morgan fingerprint density at radius 3 is 2.17 bits per heavy atom. The molecule has 0 aromatic heterocycles. The molecule has 2 atom stereocenters. The molecular weight excluding hydrogens is 298 g/mol. The molecule has 2 rings (SSSR count). The highest BCUT2D eigenvalue weighted by Crippen LogP contribution is 2.19. The van der Waals surface area contributed by atoms with Crippen LogP contribution in [0.5, 0.6) is 5.75 Å². The molecule has 0 aliphatic carbocycles. The van der Waals surface area contributed by atoms with Gasteiger partial charge in [0.15, 0.2) is 6.10 Å². The Labute approximate surface area is 145 Å². The Balaban J connectivity index is 2.01. The first kappa shape index (κ1) is 18.1. The lowest BCUT2D eigenvalue weighted by Crippen LogP contribution is -2.39. The van der Waals surface area contributed by atoms with E-state index in [0.717, 1.165) is 24.2 Å². The fraction of sp³-hybridized carbons (Fsp3) is 0.381. The average molecular weight is 325 g/mol. The monoisotopic (exact) mass is 325 g/mol. The van der Waals surface area contributed by atoms with Crippen LogP contribution in [-0.4, -0.2) is 12.0 Å². The van der Waals surface area contributed by atoms with Crippen molar-refractivity contribution in [1.29, 1.82) is 0 Å². The van der Waals surface area contributed by atoms with Crippen LogP contribution >= 0.6 is 0 Å². The molecular formula is C21H27NO2. The summed E-state index contributed by atoms with van der Waals surface area (Å²) in [5.41, 5.74) is 2.38. The second kappa shape index (κ2) is 9.11. The van der Waals surface area contributed by atoms with E-state index < -0.39 is 6.10 Å². The standard InChI is InChI=1S/C21H27NO2/c1-4-16-12-14-18(15-13-16)24-20(6-3)21(23)22-19(5-2)17-10-8-7-9-11-17/h7-15,19-20H,4-6H2,1-3H3,(H,22,23). The zero-order chi connectivity index (χ0) is 17.4. The Bertz CT molecular complexity index is 622. The maximum absolute atomic E-state index is 12.6. The molecule has 128 valence electrons. The van der Waals surface area contributed by atoms with E-state index in [1.807, 2.05) is 61.5 Å². The molecule has 2 aromatic rings. The van der Waals surface area contributed by atoms with Gasteiger partial charge < -0.3 is 10.1 Å². The van der Waals surface area contributed by atoms with Gasteiger partial charge in [-0.1, -0.05) is 63.2 Å². The third kappa shape index (κ3) is 4.85. The van der Waals surface area contributed by atoms with Crippen molar-refractivity contribution in [3.8, 4) is 5.75 Å². The molecule has 0 spiro atoms. The van der Waals surface area contributed by atoms with Crippen molar-refractivity contribution in [3.63, 3.8) is 0 Å². The van der Waals surface area contributed by atoms with Crippen LogP contribution in [-0.2, 0) is 11.2 Å². The second-order valence-electron chi connectivity index (χ2n) is 5.89. The highest BCUT2D eigenvalue weighted by Gasteiger charge is 2.21. The lowest BCUT2D eigenvalue weighted by atomic mass is 10.0. The maximum Gasteiger partial charge on any atom is 0.261 e. The van der Waals surface area contributed by atoms with E-state index in [0.29, 0.717) is 6.42 Å². The smallest absolute Gasteiger partial charge is 0.261 e. The lowest BCUT2D eigenvalue weighted by molar-refractivity contribution is -0.128. The number of aryl methyl sites for hydroxylation is 1. The molecule has 3 nitrogen and oxygen atoms in total. The van der Waals surface area contributed by atoms with Gasteiger partial charge in [0.05, 0.1) is 6.04 Å². The first-order chi connectivity index (χ1) is 11.7. The van der Waals surface area contributed by atoms with Crippen LogP contribution in [0.2, 0.25) is 0 Å². The first-order valence-electron chi connectivity index (χ1n) is 8.78.